The van der Waals surface area contributed by atoms with Gasteiger partial charge >= 0.3 is 12.3 Å². The molecule has 0 atom stereocenters. The molecule has 18 heavy (non-hydrogen) atoms. The van der Waals surface area contributed by atoms with Gasteiger partial charge in [0.1, 0.15) is 6.61 Å². The SMILES string of the molecule is Cc1ccc(C(F)(F)F)cc1NC(=O)OCCO. The van der Waals surface area contributed by atoms with Crippen LogP contribution in [0.3, 0.4) is 0 Å². The van der Waals surface area contributed by atoms with Crippen molar-refractivity contribution in [1.82, 2.24) is 0 Å². The Kier molecular flexibility index (Phi) is 4.55. The summed E-state index contributed by atoms with van der Waals surface area (Å²) in [6, 6.07) is 3.01. The largest absolute Gasteiger partial charge is 0.447 e. The topological polar surface area (TPSA) is 58.6 Å². The molecule has 0 aliphatic carbocycles. The van der Waals surface area contributed by atoms with Crippen LogP contribution in [0.25, 0.3) is 0 Å². The van der Waals surface area contributed by atoms with E-state index in [1.54, 1.807) is 6.92 Å². The molecule has 7 heteroatoms. The third kappa shape index (κ3) is 3.92. The van der Waals surface area contributed by atoms with E-state index in [9.17, 15) is 18.0 Å². The summed E-state index contributed by atoms with van der Waals surface area (Å²) in [6.45, 7) is 0.987. The van der Waals surface area contributed by atoms with E-state index >= 15 is 0 Å². The second-order valence-corrected chi connectivity index (χ2v) is 3.51. The third-order valence-electron chi connectivity index (χ3n) is 2.13. The van der Waals surface area contributed by atoms with Crippen molar-refractivity contribution in [2.24, 2.45) is 0 Å². The van der Waals surface area contributed by atoms with E-state index in [4.69, 9.17) is 5.11 Å². The highest BCUT2D eigenvalue weighted by molar-refractivity contribution is 5.85. The molecule has 0 radical (unpaired) electrons. The molecule has 1 aromatic rings. The number of alkyl halides is 3. The molecule has 1 aromatic carbocycles. The van der Waals surface area contributed by atoms with Crippen LogP contribution in [0.2, 0.25) is 0 Å². The summed E-state index contributed by atoms with van der Waals surface area (Å²) in [5, 5.41) is 10.6. The van der Waals surface area contributed by atoms with Gasteiger partial charge < -0.3 is 9.84 Å². The summed E-state index contributed by atoms with van der Waals surface area (Å²) < 4.78 is 41.9. The number of hydrogen-bond donors (Lipinski definition) is 2. The number of carbonyl (C=O) groups is 1. The van der Waals surface area contributed by atoms with Crippen LogP contribution in [-0.2, 0) is 10.9 Å². The number of benzene rings is 1. The minimum Gasteiger partial charge on any atom is -0.447 e. The number of carbonyl (C=O) groups excluding carboxylic acids is 1. The van der Waals surface area contributed by atoms with E-state index in [0.717, 1.165) is 12.1 Å². The van der Waals surface area contributed by atoms with Crippen molar-refractivity contribution < 1.29 is 27.8 Å². The summed E-state index contributed by atoms with van der Waals surface area (Å²) >= 11 is 0. The van der Waals surface area contributed by atoms with Crippen molar-refractivity contribution in [2.45, 2.75) is 13.1 Å². The van der Waals surface area contributed by atoms with Crippen LogP contribution < -0.4 is 5.32 Å². The van der Waals surface area contributed by atoms with Gasteiger partial charge in [0.25, 0.3) is 0 Å². The summed E-state index contributed by atoms with van der Waals surface area (Å²) in [4.78, 5) is 11.2. The molecule has 0 fully saturated rings. The lowest BCUT2D eigenvalue weighted by atomic mass is 10.1. The molecule has 0 saturated carbocycles. The van der Waals surface area contributed by atoms with Gasteiger partial charge in [0, 0.05) is 5.69 Å². The Morgan fingerprint density at radius 2 is 2.11 bits per heavy atom. The number of ether oxygens (including phenoxy) is 1. The Hall–Kier alpha value is -1.76. The van der Waals surface area contributed by atoms with Gasteiger partial charge in [-0.05, 0) is 24.6 Å². The maximum absolute atomic E-state index is 12.5. The van der Waals surface area contributed by atoms with E-state index in [0.29, 0.717) is 5.56 Å². The third-order valence-corrected chi connectivity index (χ3v) is 2.13. The monoisotopic (exact) mass is 263 g/mol. The van der Waals surface area contributed by atoms with Gasteiger partial charge in [0.15, 0.2) is 0 Å². The summed E-state index contributed by atoms with van der Waals surface area (Å²) in [7, 11) is 0. The first-order valence-corrected chi connectivity index (χ1v) is 5.07. The first kappa shape index (κ1) is 14.3. The predicted molar refractivity (Wildman–Crippen MR) is 58.2 cm³/mol. The van der Waals surface area contributed by atoms with Gasteiger partial charge in [0.05, 0.1) is 12.2 Å². The van der Waals surface area contributed by atoms with Crippen LogP contribution in [0.1, 0.15) is 11.1 Å². The van der Waals surface area contributed by atoms with E-state index in [1.807, 2.05) is 0 Å². The second-order valence-electron chi connectivity index (χ2n) is 3.51. The van der Waals surface area contributed by atoms with Crippen LogP contribution in [0.5, 0.6) is 0 Å². The number of aliphatic hydroxyl groups is 1. The molecule has 100 valence electrons. The first-order valence-electron chi connectivity index (χ1n) is 5.07. The first-order chi connectivity index (χ1) is 8.34. The molecule has 0 aliphatic rings. The van der Waals surface area contributed by atoms with E-state index in [1.165, 1.54) is 6.07 Å². The number of hydrogen-bond acceptors (Lipinski definition) is 3. The Bertz CT molecular complexity index is 432. The number of anilines is 1. The molecule has 0 spiro atoms. The maximum atomic E-state index is 12.5. The molecule has 2 N–H and O–H groups in total. The molecule has 0 aromatic heterocycles. The van der Waals surface area contributed by atoms with Gasteiger partial charge in [-0.25, -0.2) is 4.79 Å². The highest BCUT2D eigenvalue weighted by Crippen LogP contribution is 2.32. The number of nitrogens with one attached hydrogen (secondary N) is 1. The smallest absolute Gasteiger partial charge is 0.416 e. The fourth-order valence-corrected chi connectivity index (χ4v) is 1.22. The van der Waals surface area contributed by atoms with Crippen LogP contribution in [0, 0.1) is 6.92 Å². The minimum atomic E-state index is -4.47. The van der Waals surface area contributed by atoms with Crippen LogP contribution in [-0.4, -0.2) is 24.4 Å². The van der Waals surface area contributed by atoms with Crippen LogP contribution in [0.15, 0.2) is 18.2 Å². The lowest BCUT2D eigenvalue weighted by Crippen LogP contribution is -2.17. The average Bonchev–Trinajstić information content (AvgIpc) is 2.28. The predicted octanol–water partition coefficient (Wildman–Crippen LogP) is 2.55. The van der Waals surface area contributed by atoms with Gasteiger partial charge in [-0.3, -0.25) is 5.32 Å². The number of aryl methyl sites for hydroxylation is 1. The molecular formula is C11H12F3NO3. The molecule has 0 aliphatic heterocycles. The number of aliphatic hydroxyl groups excluding tert-OH is 1. The van der Waals surface area contributed by atoms with Crippen molar-refractivity contribution in [3.63, 3.8) is 0 Å². The highest BCUT2D eigenvalue weighted by atomic mass is 19.4. The van der Waals surface area contributed by atoms with Crippen LogP contribution in [0.4, 0.5) is 23.7 Å². The molecule has 0 unspecified atom stereocenters. The Balaban J connectivity index is 2.85. The molecular weight excluding hydrogens is 251 g/mol. The number of rotatable bonds is 3. The fraction of sp³-hybridized carbons (Fsp3) is 0.364. The minimum absolute atomic E-state index is 0.0211. The lowest BCUT2D eigenvalue weighted by Gasteiger charge is -2.12. The molecule has 0 heterocycles. The standard InChI is InChI=1S/C11H12F3NO3/c1-7-2-3-8(11(12,13)14)6-9(7)15-10(17)18-5-4-16/h2-3,6,16H,4-5H2,1H3,(H,15,17). The number of halogens is 3. The van der Waals surface area contributed by atoms with Gasteiger partial charge in [-0.15, -0.1) is 0 Å². The number of amides is 1. The van der Waals surface area contributed by atoms with E-state index in [-0.39, 0.29) is 18.9 Å². The summed E-state index contributed by atoms with van der Waals surface area (Å²) in [5.41, 5.74) is -0.359. The van der Waals surface area contributed by atoms with Gasteiger partial charge in [-0.2, -0.15) is 13.2 Å². The molecule has 0 bridgehead atoms. The van der Waals surface area contributed by atoms with Gasteiger partial charge in [0.2, 0.25) is 0 Å². The van der Waals surface area contributed by atoms with Crippen LogP contribution >= 0.6 is 0 Å². The Labute approximate surface area is 101 Å². The van der Waals surface area contributed by atoms with E-state index in [2.05, 4.69) is 10.1 Å². The van der Waals surface area contributed by atoms with Crippen molar-refractivity contribution in [3.8, 4) is 0 Å². The maximum Gasteiger partial charge on any atom is 0.416 e. The zero-order valence-electron chi connectivity index (χ0n) is 9.54. The Morgan fingerprint density at radius 1 is 1.44 bits per heavy atom. The molecule has 1 rings (SSSR count). The second kappa shape index (κ2) is 5.72. The lowest BCUT2D eigenvalue weighted by molar-refractivity contribution is -0.137. The summed E-state index contributed by atoms with van der Waals surface area (Å²) in [6.07, 6.45) is -5.38. The normalized spacial score (nSPS) is 11.2. The fourth-order valence-electron chi connectivity index (χ4n) is 1.22. The highest BCUT2D eigenvalue weighted by Gasteiger charge is 2.30. The van der Waals surface area contributed by atoms with Crippen molar-refractivity contribution in [3.05, 3.63) is 29.3 Å². The summed E-state index contributed by atoms with van der Waals surface area (Å²) in [5.74, 6) is 0. The zero-order chi connectivity index (χ0) is 13.8. The average molecular weight is 263 g/mol. The molecule has 0 saturated heterocycles. The van der Waals surface area contributed by atoms with Crippen molar-refractivity contribution in [1.29, 1.82) is 0 Å². The zero-order valence-corrected chi connectivity index (χ0v) is 9.54. The van der Waals surface area contributed by atoms with E-state index < -0.39 is 17.8 Å². The Morgan fingerprint density at radius 3 is 2.67 bits per heavy atom. The van der Waals surface area contributed by atoms with Gasteiger partial charge in [-0.1, -0.05) is 6.07 Å². The van der Waals surface area contributed by atoms with Crippen molar-refractivity contribution in [2.75, 3.05) is 18.5 Å². The quantitative estimate of drug-likeness (QED) is 0.881. The molecule has 4 nitrogen and oxygen atoms in total. The van der Waals surface area contributed by atoms with Crippen molar-refractivity contribution >= 4 is 11.8 Å². The molecule has 1 amide bonds.